The number of rotatable bonds is 3. The molecule has 0 aromatic carbocycles. The number of ether oxygens (including phenoxy) is 1. The Morgan fingerprint density at radius 1 is 1.31 bits per heavy atom. The summed E-state index contributed by atoms with van der Waals surface area (Å²) in [7, 11) is 0. The van der Waals surface area contributed by atoms with Crippen LogP contribution in [0.2, 0.25) is 0 Å². The summed E-state index contributed by atoms with van der Waals surface area (Å²) in [6, 6.07) is -0.592. The van der Waals surface area contributed by atoms with Gasteiger partial charge in [0.1, 0.15) is 18.3 Å². The van der Waals surface area contributed by atoms with Gasteiger partial charge in [-0.05, 0) is 12.8 Å². The van der Waals surface area contributed by atoms with Crippen LogP contribution in [0.3, 0.4) is 0 Å². The van der Waals surface area contributed by atoms with Crippen LogP contribution < -0.4 is 5.32 Å². The van der Waals surface area contributed by atoms with Gasteiger partial charge >= 0.3 is 0 Å². The van der Waals surface area contributed by atoms with E-state index in [2.05, 4.69) is 5.32 Å². The van der Waals surface area contributed by atoms with Crippen LogP contribution in [-0.4, -0.2) is 58.8 Å². The highest BCUT2D eigenvalue weighted by Crippen LogP contribution is 2.29. The molecular formula is C10H17NO5. The molecule has 1 heterocycles. The van der Waals surface area contributed by atoms with E-state index in [9.17, 15) is 15.0 Å². The van der Waals surface area contributed by atoms with Gasteiger partial charge < -0.3 is 25.4 Å². The van der Waals surface area contributed by atoms with Gasteiger partial charge in [-0.25, -0.2) is 0 Å². The predicted molar refractivity (Wildman–Crippen MR) is 53.5 cm³/mol. The highest BCUT2D eigenvalue weighted by molar-refractivity contribution is 5.81. The summed E-state index contributed by atoms with van der Waals surface area (Å²) in [5.41, 5.74) is 0. The second kappa shape index (κ2) is 4.67. The highest BCUT2D eigenvalue weighted by Gasteiger charge is 2.40. The molecule has 1 aliphatic heterocycles. The molecule has 0 radical (unpaired) electrons. The number of nitrogens with one attached hydrogen (secondary N) is 1. The van der Waals surface area contributed by atoms with Gasteiger partial charge in [-0.3, -0.25) is 4.79 Å². The Balaban J connectivity index is 1.88. The number of hydrogen-bond donors (Lipinski definition) is 4. The quantitative estimate of drug-likeness (QED) is 0.450. The molecule has 2 fully saturated rings. The molecule has 1 amide bonds. The van der Waals surface area contributed by atoms with Crippen LogP contribution in [0.5, 0.6) is 0 Å². The van der Waals surface area contributed by atoms with Crippen molar-refractivity contribution in [2.24, 2.45) is 5.92 Å². The van der Waals surface area contributed by atoms with Crippen LogP contribution >= 0.6 is 0 Å². The Hall–Kier alpha value is -0.690. The molecule has 6 nitrogen and oxygen atoms in total. The Morgan fingerprint density at radius 3 is 2.56 bits per heavy atom. The van der Waals surface area contributed by atoms with Crippen LogP contribution in [0.1, 0.15) is 12.8 Å². The fraction of sp³-hybridized carbons (Fsp3) is 0.900. The van der Waals surface area contributed by atoms with E-state index in [0.717, 1.165) is 12.8 Å². The van der Waals surface area contributed by atoms with Crippen LogP contribution in [-0.2, 0) is 9.53 Å². The zero-order valence-electron chi connectivity index (χ0n) is 8.87. The minimum absolute atomic E-state index is 0.0555. The zero-order chi connectivity index (χ0) is 11.7. The Bertz CT molecular complexity index is 268. The summed E-state index contributed by atoms with van der Waals surface area (Å²) >= 11 is 0. The maximum Gasteiger partial charge on any atom is 0.223 e. The van der Waals surface area contributed by atoms with Crippen molar-refractivity contribution in [3.05, 3.63) is 0 Å². The number of carbonyl (C=O) groups is 1. The molecule has 1 aliphatic carbocycles. The maximum absolute atomic E-state index is 11.5. The van der Waals surface area contributed by atoms with E-state index in [1.807, 2.05) is 0 Å². The number of amides is 1. The van der Waals surface area contributed by atoms with Gasteiger partial charge in [0, 0.05) is 5.92 Å². The first kappa shape index (κ1) is 11.8. The Kier molecular flexibility index (Phi) is 3.44. The largest absolute Gasteiger partial charge is 0.394 e. The molecule has 0 bridgehead atoms. The smallest absolute Gasteiger partial charge is 0.223 e. The molecule has 0 aromatic heterocycles. The lowest BCUT2D eigenvalue weighted by Gasteiger charge is -2.37. The van der Waals surface area contributed by atoms with Gasteiger partial charge in [0.25, 0.3) is 0 Å². The molecule has 1 unspecified atom stereocenters. The number of aliphatic hydroxyl groups is 3. The summed E-state index contributed by atoms with van der Waals surface area (Å²) < 4.78 is 5.15. The first-order valence-corrected chi connectivity index (χ1v) is 5.52. The summed E-state index contributed by atoms with van der Waals surface area (Å²) in [5, 5.41) is 30.8. The van der Waals surface area contributed by atoms with Crippen molar-refractivity contribution in [1.29, 1.82) is 0 Å². The van der Waals surface area contributed by atoms with Crippen molar-refractivity contribution in [2.75, 3.05) is 13.2 Å². The minimum atomic E-state index is -1.16. The second-order valence-electron chi connectivity index (χ2n) is 4.42. The van der Waals surface area contributed by atoms with Gasteiger partial charge in [0.05, 0.1) is 19.3 Å². The molecule has 2 rings (SSSR count). The zero-order valence-corrected chi connectivity index (χ0v) is 8.87. The number of aliphatic hydroxyl groups excluding tert-OH is 3. The van der Waals surface area contributed by atoms with Crippen LogP contribution in [0, 0.1) is 5.92 Å². The van der Waals surface area contributed by atoms with E-state index in [1.165, 1.54) is 0 Å². The van der Waals surface area contributed by atoms with Gasteiger partial charge in [-0.1, -0.05) is 0 Å². The summed E-state index contributed by atoms with van der Waals surface area (Å²) in [6.07, 6.45) is -1.25. The van der Waals surface area contributed by atoms with Crippen molar-refractivity contribution in [3.63, 3.8) is 0 Å². The van der Waals surface area contributed by atoms with E-state index < -0.39 is 24.4 Å². The van der Waals surface area contributed by atoms with Crippen molar-refractivity contribution in [1.82, 2.24) is 5.32 Å². The van der Waals surface area contributed by atoms with E-state index >= 15 is 0 Å². The molecule has 92 valence electrons. The van der Waals surface area contributed by atoms with Gasteiger partial charge in [0.2, 0.25) is 5.91 Å². The van der Waals surface area contributed by atoms with Crippen molar-refractivity contribution < 1.29 is 24.9 Å². The fourth-order valence-corrected chi connectivity index (χ4v) is 1.82. The molecule has 1 saturated carbocycles. The molecule has 2 aliphatic rings. The summed E-state index contributed by atoms with van der Waals surface area (Å²) in [4.78, 5) is 11.5. The van der Waals surface area contributed by atoms with E-state index in [4.69, 9.17) is 9.84 Å². The average Bonchev–Trinajstić information content (AvgIpc) is 3.09. The molecule has 4 N–H and O–H groups in total. The van der Waals surface area contributed by atoms with Gasteiger partial charge in [0.15, 0.2) is 0 Å². The molecular weight excluding hydrogens is 214 g/mol. The Morgan fingerprint density at radius 2 is 2.00 bits per heavy atom. The summed E-state index contributed by atoms with van der Waals surface area (Å²) in [5.74, 6) is -0.0396. The second-order valence-corrected chi connectivity index (χ2v) is 4.42. The maximum atomic E-state index is 11.5. The predicted octanol–water partition coefficient (Wildman–Crippen LogP) is -2.01. The SMILES string of the molecule is O=C(NC1CO[C@H](CO)[C@H](O)[C@@H]1O)C1CC1. The third-order valence-corrected chi connectivity index (χ3v) is 3.09. The third kappa shape index (κ3) is 2.35. The van der Waals surface area contributed by atoms with E-state index in [1.54, 1.807) is 0 Å². The van der Waals surface area contributed by atoms with Crippen LogP contribution in [0.15, 0.2) is 0 Å². The minimum Gasteiger partial charge on any atom is -0.394 e. The molecule has 1 saturated heterocycles. The summed E-state index contributed by atoms with van der Waals surface area (Å²) in [6.45, 7) is -0.233. The number of carbonyl (C=O) groups excluding carboxylic acids is 1. The molecule has 0 aromatic rings. The molecule has 4 atom stereocenters. The lowest BCUT2D eigenvalue weighted by molar-refractivity contribution is -0.164. The van der Waals surface area contributed by atoms with Crippen LogP contribution in [0.4, 0.5) is 0 Å². The monoisotopic (exact) mass is 231 g/mol. The first-order chi connectivity index (χ1) is 7.63. The van der Waals surface area contributed by atoms with Crippen molar-refractivity contribution >= 4 is 5.91 Å². The van der Waals surface area contributed by atoms with E-state index in [-0.39, 0.29) is 25.0 Å². The first-order valence-electron chi connectivity index (χ1n) is 5.52. The normalized spacial score (nSPS) is 39.4. The molecule has 0 spiro atoms. The van der Waals surface area contributed by atoms with Crippen molar-refractivity contribution in [3.8, 4) is 0 Å². The van der Waals surface area contributed by atoms with Crippen molar-refractivity contribution in [2.45, 2.75) is 37.2 Å². The third-order valence-electron chi connectivity index (χ3n) is 3.09. The van der Waals surface area contributed by atoms with E-state index in [0.29, 0.717) is 0 Å². The molecule has 6 heteroatoms. The lowest BCUT2D eigenvalue weighted by Crippen LogP contribution is -2.60. The standard InChI is InChI=1S/C10H17NO5/c12-3-7-9(14)8(13)6(4-16-7)11-10(15)5-1-2-5/h5-9,12-14H,1-4H2,(H,11,15)/t6?,7-,8-,9+/m1/s1. The average molecular weight is 231 g/mol. The highest BCUT2D eigenvalue weighted by atomic mass is 16.5. The molecule has 16 heavy (non-hydrogen) atoms. The van der Waals surface area contributed by atoms with Gasteiger partial charge in [-0.2, -0.15) is 0 Å². The lowest BCUT2D eigenvalue weighted by atomic mass is 9.98. The fourth-order valence-electron chi connectivity index (χ4n) is 1.82. The topological polar surface area (TPSA) is 99.0 Å². The van der Waals surface area contributed by atoms with Crippen LogP contribution in [0.25, 0.3) is 0 Å². The Labute approximate surface area is 93.2 Å². The van der Waals surface area contributed by atoms with Gasteiger partial charge in [-0.15, -0.1) is 0 Å². The number of hydrogen-bond acceptors (Lipinski definition) is 5.